The Morgan fingerprint density at radius 1 is 1.12 bits per heavy atom. The molecule has 0 radical (unpaired) electrons. The lowest BCUT2D eigenvalue weighted by molar-refractivity contribution is 0.477. The van der Waals surface area contributed by atoms with Crippen molar-refractivity contribution in [1.82, 2.24) is 9.38 Å². The molecule has 0 aliphatic heterocycles. The van der Waals surface area contributed by atoms with Crippen LogP contribution in [0.5, 0.6) is 5.75 Å². The van der Waals surface area contributed by atoms with Crippen molar-refractivity contribution in [3.63, 3.8) is 0 Å². The van der Waals surface area contributed by atoms with E-state index in [1.807, 2.05) is 0 Å². The Labute approximate surface area is 142 Å². The maximum atomic E-state index is 10.0. The number of nitrogens with zero attached hydrogens (tertiary/aromatic N) is 5. The number of benzene rings is 1. The highest BCUT2D eigenvalue weighted by molar-refractivity contribution is 5.73. The van der Waals surface area contributed by atoms with Crippen molar-refractivity contribution in [2.45, 2.75) is 0 Å². The standard InChI is InChI=1S/C18H11N5O2/c19-11-12-4-1-5-13(10-12)21-22-18-16(15-7-3-9-25-15)20-17-14(24)6-2-8-23(17)18/h1-10,24H. The Morgan fingerprint density at radius 3 is 2.84 bits per heavy atom. The molecule has 0 aliphatic carbocycles. The van der Waals surface area contributed by atoms with Crippen molar-refractivity contribution in [3.8, 4) is 23.3 Å². The largest absolute Gasteiger partial charge is 0.504 e. The number of azo groups is 1. The molecule has 120 valence electrons. The molecule has 0 unspecified atom stereocenters. The third kappa shape index (κ3) is 2.62. The second kappa shape index (κ2) is 5.94. The number of fused-ring (bicyclic) bond motifs is 1. The van der Waals surface area contributed by atoms with Crippen LogP contribution in [-0.4, -0.2) is 14.5 Å². The fourth-order valence-electron chi connectivity index (χ4n) is 2.46. The number of furan rings is 1. The topological polar surface area (TPSA) is 99.2 Å². The van der Waals surface area contributed by atoms with Gasteiger partial charge < -0.3 is 9.52 Å². The van der Waals surface area contributed by atoms with Gasteiger partial charge in [0.05, 0.1) is 23.6 Å². The summed E-state index contributed by atoms with van der Waals surface area (Å²) >= 11 is 0. The first-order chi connectivity index (χ1) is 12.3. The molecule has 25 heavy (non-hydrogen) atoms. The molecule has 0 amide bonds. The van der Waals surface area contributed by atoms with Gasteiger partial charge in [-0.3, -0.25) is 4.40 Å². The average molecular weight is 329 g/mol. The molecule has 4 rings (SSSR count). The minimum absolute atomic E-state index is 0.0308. The molecule has 0 saturated heterocycles. The van der Waals surface area contributed by atoms with Gasteiger partial charge in [-0.1, -0.05) is 6.07 Å². The minimum atomic E-state index is 0.0308. The van der Waals surface area contributed by atoms with Crippen molar-refractivity contribution in [3.05, 3.63) is 66.6 Å². The molecule has 0 bridgehead atoms. The van der Waals surface area contributed by atoms with E-state index >= 15 is 0 Å². The van der Waals surface area contributed by atoms with Gasteiger partial charge in [0.15, 0.2) is 28.7 Å². The monoisotopic (exact) mass is 329 g/mol. The minimum Gasteiger partial charge on any atom is -0.504 e. The Hall–Kier alpha value is -3.92. The lowest BCUT2D eigenvalue weighted by Crippen LogP contribution is -1.82. The van der Waals surface area contributed by atoms with Gasteiger partial charge in [0.2, 0.25) is 0 Å². The predicted molar refractivity (Wildman–Crippen MR) is 89.9 cm³/mol. The van der Waals surface area contributed by atoms with Gasteiger partial charge in [-0.25, -0.2) is 4.98 Å². The van der Waals surface area contributed by atoms with Crippen molar-refractivity contribution < 1.29 is 9.52 Å². The number of pyridine rings is 1. The number of hydrogen-bond donors (Lipinski definition) is 1. The van der Waals surface area contributed by atoms with Crippen LogP contribution >= 0.6 is 0 Å². The number of nitriles is 1. The Kier molecular flexibility index (Phi) is 3.48. The highest BCUT2D eigenvalue weighted by atomic mass is 16.3. The first kappa shape index (κ1) is 14.7. The molecular weight excluding hydrogens is 318 g/mol. The molecule has 1 N–H and O–H groups in total. The third-order valence-electron chi connectivity index (χ3n) is 3.59. The summed E-state index contributed by atoms with van der Waals surface area (Å²) in [4.78, 5) is 4.41. The molecule has 7 nitrogen and oxygen atoms in total. The normalized spacial score (nSPS) is 11.2. The molecule has 3 heterocycles. The van der Waals surface area contributed by atoms with Crippen molar-refractivity contribution in [1.29, 1.82) is 5.26 Å². The van der Waals surface area contributed by atoms with Crippen LogP contribution in [0.2, 0.25) is 0 Å². The molecule has 4 aromatic rings. The van der Waals surface area contributed by atoms with E-state index in [9.17, 15) is 5.11 Å². The van der Waals surface area contributed by atoms with E-state index in [4.69, 9.17) is 9.68 Å². The van der Waals surface area contributed by atoms with Gasteiger partial charge in [-0.2, -0.15) is 5.26 Å². The van der Waals surface area contributed by atoms with Crippen LogP contribution < -0.4 is 0 Å². The van der Waals surface area contributed by atoms with Crippen LogP contribution in [0.1, 0.15) is 5.56 Å². The van der Waals surface area contributed by atoms with Crippen LogP contribution in [0.15, 0.2) is 75.6 Å². The van der Waals surface area contributed by atoms with Crippen LogP contribution in [0, 0.1) is 11.3 Å². The van der Waals surface area contributed by atoms with Gasteiger partial charge >= 0.3 is 0 Å². The van der Waals surface area contributed by atoms with Gasteiger partial charge in [0.25, 0.3) is 0 Å². The second-order valence-electron chi connectivity index (χ2n) is 5.21. The number of hydrogen-bond acceptors (Lipinski definition) is 6. The highest BCUT2D eigenvalue weighted by Crippen LogP contribution is 2.34. The van der Waals surface area contributed by atoms with E-state index in [1.54, 1.807) is 59.1 Å². The molecule has 3 aromatic heterocycles. The summed E-state index contributed by atoms with van der Waals surface area (Å²) in [6, 6.07) is 15.6. The maximum Gasteiger partial charge on any atom is 0.190 e. The summed E-state index contributed by atoms with van der Waals surface area (Å²) in [6.45, 7) is 0. The van der Waals surface area contributed by atoms with E-state index in [2.05, 4.69) is 21.3 Å². The van der Waals surface area contributed by atoms with Crippen LogP contribution in [0.4, 0.5) is 11.5 Å². The second-order valence-corrected chi connectivity index (χ2v) is 5.21. The first-order valence-corrected chi connectivity index (χ1v) is 7.42. The van der Waals surface area contributed by atoms with E-state index < -0.39 is 0 Å². The van der Waals surface area contributed by atoms with Crippen molar-refractivity contribution >= 4 is 17.2 Å². The van der Waals surface area contributed by atoms with Gasteiger partial charge in [0, 0.05) is 6.20 Å². The Balaban J connectivity index is 1.88. The smallest absolute Gasteiger partial charge is 0.190 e. The van der Waals surface area contributed by atoms with Crippen LogP contribution in [0.3, 0.4) is 0 Å². The van der Waals surface area contributed by atoms with Crippen LogP contribution in [-0.2, 0) is 0 Å². The number of aromatic hydroxyl groups is 1. The van der Waals surface area contributed by atoms with E-state index in [1.165, 1.54) is 6.26 Å². The molecule has 1 aromatic carbocycles. The lowest BCUT2D eigenvalue weighted by Gasteiger charge is -1.98. The molecular formula is C18H11N5O2. The third-order valence-corrected chi connectivity index (χ3v) is 3.59. The fourth-order valence-corrected chi connectivity index (χ4v) is 2.46. The summed E-state index contributed by atoms with van der Waals surface area (Å²) in [5.41, 5.74) is 1.86. The summed E-state index contributed by atoms with van der Waals surface area (Å²) in [5, 5.41) is 27.5. The van der Waals surface area contributed by atoms with Crippen LogP contribution in [0.25, 0.3) is 17.1 Å². The lowest BCUT2D eigenvalue weighted by atomic mass is 10.2. The SMILES string of the molecule is N#Cc1cccc(N=Nc2c(-c3ccco3)nc3c(O)cccn23)c1. The van der Waals surface area contributed by atoms with E-state index in [0.29, 0.717) is 34.2 Å². The van der Waals surface area contributed by atoms with E-state index in [-0.39, 0.29) is 5.75 Å². The summed E-state index contributed by atoms with van der Waals surface area (Å²) in [6.07, 6.45) is 3.27. The number of imidazole rings is 1. The van der Waals surface area contributed by atoms with Crippen molar-refractivity contribution in [2.24, 2.45) is 10.2 Å². The van der Waals surface area contributed by atoms with Gasteiger partial charge in [-0.15, -0.1) is 10.2 Å². The first-order valence-electron chi connectivity index (χ1n) is 7.42. The Bertz CT molecular complexity index is 1120. The molecule has 7 heteroatoms. The zero-order valence-electron chi connectivity index (χ0n) is 12.9. The number of rotatable bonds is 3. The van der Waals surface area contributed by atoms with Crippen molar-refractivity contribution in [2.75, 3.05) is 0 Å². The quantitative estimate of drug-likeness (QED) is 0.556. The fraction of sp³-hybridized carbons (Fsp3) is 0. The molecule has 0 spiro atoms. The molecule has 0 atom stereocenters. The molecule has 0 saturated carbocycles. The highest BCUT2D eigenvalue weighted by Gasteiger charge is 2.18. The summed E-state index contributed by atoms with van der Waals surface area (Å²) in [7, 11) is 0. The van der Waals surface area contributed by atoms with Gasteiger partial charge in [-0.05, 0) is 42.5 Å². The summed E-state index contributed by atoms with van der Waals surface area (Å²) in [5.74, 6) is 0.967. The maximum absolute atomic E-state index is 10.0. The summed E-state index contributed by atoms with van der Waals surface area (Å²) < 4.78 is 7.05. The molecule has 0 aliphatic rings. The zero-order chi connectivity index (χ0) is 17.2. The Morgan fingerprint density at radius 2 is 2.04 bits per heavy atom. The predicted octanol–water partition coefficient (Wildman–Crippen LogP) is 4.59. The zero-order valence-corrected chi connectivity index (χ0v) is 12.9. The molecule has 0 fully saturated rings. The average Bonchev–Trinajstić information content (AvgIpc) is 3.28. The number of aromatic nitrogens is 2. The van der Waals surface area contributed by atoms with Gasteiger partial charge in [0.1, 0.15) is 0 Å². The van der Waals surface area contributed by atoms with E-state index in [0.717, 1.165) is 0 Å².